The number of hydrogen-bond donors (Lipinski definition) is 2. The number of nitrogens with zero attached hydrogens (tertiary/aromatic N) is 1. The highest BCUT2D eigenvalue weighted by molar-refractivity contribution is 5.92. The molecule has 0 spiro atoms. The number of methoxy groups -OCH3 is 1. The van der Waals surface area contributed by atoms with Crippen molar-refractivity contribution < 1.29 is 9.53 Å². The van der Waals surface area contributed by atoms with Crippen molar-refractivity contribution in [2.75, 3.05) is 44.9 Å². The van der Waals surface area contributed by atoms with Crippen LogP contribution in [0.2, 0.25) is 0 Å². The first-order valence-electron chi connectivity index (χ1n) is 7.37. The first-order valence-corrected chi connectivity index (χ1v) is 7.37. The summed E-state index contributed by atoms with van der Waals surface area (Å²) in [6.45, 7) is 4.59. The number of nitrogens with one attached hydrogen (secondary N) is 1. The van der Waals surface area contributed by atoms with Gasteiger partial charge in [0.1, 0.15) is 0 Å². The molecule has 0 heterocycles. The van der Waals surface area contributed by atoms with Crippen LogP contribution >= 0.6 is 0 Å². The predicted octanol–water partition coefficient (Wildman–Crippen LogP) is 2.26. The Morgan fingerprint density at radius 2 is 2.05 bits per heavy atom. The molecule has 0 aromatic heterocycles. The number of carbonyl (C=O) groups excluding carboxylic acids is 1. The van der Waals surface area contributed by atoms with E-state index in [9.17, 15) is 4.79 Å². The largest absolute Gasteiger partial charge is 0.398 e. The molecule has 1 aromatic rings. The Morgan fingerprint density at radius 1 is 1.33 bits per heavy atom. The summed E-state index contributed by atoms with van der Waals surface area (Å²) in [4.78, 5) is 14.1. The van der Waals surface area contributed by atoms with E-state index < -0.39 is 0 Å². The second kappa shape index (κ2) is 9.37. The molecule has 1 amide bonds. The molecule has 0 saturated heterocycles. The molecule has 1 aromatic carbocycles. The van der Waals surface area contributed by atoms with Crippen molar-refractivity contribution in [3.63, 3.8) is 0 Å². The third-order valence-corrected chi connectivity index (χ3v) is 3.48. The quantitative estimate of drug-likeness (QED) is 0.541. The van der Waals surface area contributed by atoms with Gasteiger partial charge in [0, 0.05) is 38.1 Å². The van der Waals surface area contributed by atoms with E-state index in [1.165, 1.54) is 0 Å². The van der Waals surface area contributed by atoms with Crippen LogP contribution in [0.15, 0.2) is 18.2 Å². The number of nitrogen functional groups attached to an aromatic ring is 1. The van der Waals surface area contributed by atoms with Gasteiger partial charge in [-0.05, 0) is 51.1 Å². The maximum atomic E-state index is 11.9. The molecule has 5 nitrogen and oxygen atoms in total. The number of ether oxygens (including phenoxy) is 1. The molecule has 0 aliphatic carbocycles. The van der Waals surface area contributed by atoms with Crippen LogP contribution in [-0.4, -0.2) is 44.7 Å². The molecule has 5 heteroatoms. The van der Waals surface area contributed by atoms with E-state index in [0.717, 1.165) is 43.8 Å². The zero-order valence-electron chi connectivity index (χ0n) is 13.3. The third-order valence-electron chi connectivity index (χ3n) is 3.48. The van der Waals surface area contributed by atoms with Crippen molar-refractivity contribution >= 4 is 17.3 Å². The van der Waals surface area contributed by atoms with Crippen molar-refractivity contribution in [2.24, 2.45) is 0 Å². The third kappa shape index (κ3) is 6.60. The lowest BCUT2D eigenvalue weighted by molar-refractivity contribution is -0.116. The molecule has 3 N–H and O–H groups in total. The first kappa shape index (κ1) is 17.5. The van der Waals surface area contributed by atoms with Crippen LogP contribution in [0.1, 0.15) is 24.8 Å². The minimum absolute atomic E-state index is 0.0361. The second-order valence-electron chi connectivity index (χ2n) is 5.32. The molecule has 0 saturated carbocycles. The SMILES string of the molecule is COCCCN(C)CCCC(=O)Nc1cccc(N)c1C. The van der Waals surface area contributed by atoms with Crippen molar-refractivity contribution in [3.8, 4) is 0 Å². The van der Waals surface area contributed by atoms with Crippen LogP contribution in [0.5, 0.6) is 0 Å². The number of benzene rings is 1. The summed E-state index contributed by atoms with van der Waals surface area (Å²) in [5.41, 5.74) is 8.24. The Labute approximate surface area is 127 Å². The number of nitrogens with two attached hydrogens (primary N) is 1. The molecule has 21 heavy (non-hydrogen) atoms. The molecule has 0 radical (unpaired) electrons. The van der Waals surface area contributed by atoms with Gasteiger partial charge >= 0.3 is 0 Å². The Bertz CT molecular complexity index is 449. The van der Waals surface area contributed by atoms with Gasteiger partial charge in [0.25, 0.3) is 0 Å². The van der Waals surface area contributed by atoms with Crippen LogP contribution in [-0.2, 0) is 9.53 Å². The average Bonchev–Trinajstić information content (AvgIpc) is 2.44. The Hall–Kier alpha value is -1.59. The van der Waals surface area contributed by atoms with Gasteiger partial charge in [0.2, 0.25) is 5.91 Å². The Balaban J connectivity index is 2.26. The molecular formula is C16H27N3O2. The standard InChI is InChI=1S/C16H27N3O2/c1-13-14(17)7-4-8-15(13)18-16(20)9-5-10-19(2)11-6-12-21-3/h4,7-8H,5-6,9-12,17H2,1-3H3,(H,18,20). The normalized spacial score (nSPS) is 10.9. The van der Waals surface area contributed by atoms with E-state index in [0.29, 0.717) is 12.1 Å². The van der Waals surface area contributed by atoms with E-state index in [-0.39, 0.29) is 5.91 Å². The summed E-state index contributed by atoms with van der Waals surface area (Å²) in [6, 6.07) is 5.56. The summed E-state index contributed by atoms with van der Waals surface area (Å²) in [7, 11) is 3.78. The summed E-state index contributed by atoms with van der Waals surface area (Å²) >= 11 is 0. The lowest BCUT2D eigenvalue weighted by Crippen LogP contribution is -2.23. The monoisotopic (exact) mass is 293 g/mol. The second-order valence-corrected chi connectivity index (χ2v) is 5.32. The van der Waals surface area contributed by atoms with Crippen molar-refractivity contribution in [1.82, 2.24) is 4.90 Å². The van der Waals surface area contributed by atoms with E-state index in [1.54, 1.807) is 7.11 Å². The lowest BCUT2D eigenvalue weighted by Gasteiger charge is -2.16. The summed E-state index contributed by atoms with van der Waals surface area (Å²) in [5.74, 6) is 0.0361. The molecular weight excluding hydrogens is 266 g/mol. The van der Waals surface area contributed by atoms with Crippen molar-refractivity contribution in [3.05, 3.63) is 23.8 Å². The molecule has 0 bridgehead atoms. The van der Waals surface area contributed by atoms with Gasteiger partial charge in [-0.2, -0.15) is 0 Å². The number of hydrogen-bond acceptors (Lipinski definition) is 4. The van der Waals surface area contributed by atoms with E-state index >= 15 is 0 Å². The minimum atomic E-state index is 0.0361. The summed E-state index contributed by atoms with van der Waals surface area (Å²) < 4.78 is 5.02. The van der Waals surface area contributed by atoms with Crippen LogP contribution in [0.25, 0.3) is 0 Å². The lowest BCUT2D eigenvalue weighted by atomic mass is 10.1. The van der Waals surface area contributed by atoms with Gasteiger partial charge in [0.15, 0.2) is 0 Å². The highest BCUT2D eigenvalue weighted by atomic mass is 16.5. The topological polar surface area (TPSA) is 67.6 Å². The predicted molar refractivity (Wildman–Crippen MR) is 87.4 cm³/mol. The van der Waals surface area contributed by atoms with E-state index in [2.05, 4.69) is 17.3 Å². The van der Waals surface area contributed by atoms with Crippen molar-refractivity contribution in [2.45, 2.75) is 26.2 Å². The van der Waals surface area contributed by atoms with Gasteiger partial charge in [0.05, 0.1) is 0 Å². The fraction of sp³-hybridized carbons (Fsp3) is 0.562. The number of amides is 1. The van der Waals surface area contributed by atoms with Gasteiger partial charge < -0.3 is 20.7 Å². The van der Waals surface area contributed by atoms with Gasteiger partial charge in [-0.1, -0.05) is 6.07 Å². The van der Waals surface area contributed by atoms with E-state index in [4.69, 9.17) is 10.5 Å². The maximum absolute atomic E-state index is 11.9. The number of anilines is 2. The molecule has 0 fully saturated rings. The van der Waals surface area contributed by atoms with Crippen molar-refractivity contribution in [1.29, 1.82) is 0 Å². The highest BCUT2D eigenvalue weighted by Gasteiger charge is 2.07. The summed E-state index contributed by atoms with van der Waals surface area (Å²) in [5, 5.41) is 2.92. The van der Waals surface area contributed by atoms with Gasteiger partial charge in [-0.3, -0.25) is 4.79 Å². The van der Waals surface area contributed by atoms with Crippen LogP contribution in [0.4, 0.5) is 11.4 Å². The minimum Gasteiger partial charge on any atom is -0.398 e. The van der Waals surface area contributed by atoms with Gasteiger partial charge in [-0.25, -0.2) is 0 Å². The molecule has 0 aliphatic rings. The molecule has 0 atom stereocenters. The maximum Gasteiger partial charge on any atom is 0.224 e. The Kier molecular flexibility index (Phi) is 7.79. The average molecular weight is 293 g/mol. The summed E-state index contributed by atoms with van der Waals surface area (Å²) in [6.07, 6.45) is 2.38. The van der Waals surface area contributed by atoms with E-state index in [1.807, 2.05) is 25.1 Å². The fourth-order valence-corrected chi connectivity index (χ4v) is 2.10. The smallest absolute Gasteiger partial charge is 0.224 e. The van der Waals surface area contributed by atoms with Crippen LogP contribution in [0.3, 0.4) is 0 Å². The Morgan fingerprint density at radius 3 is 2.76 bits per heavy atom. The molecule has 118 valence electrons. The number of rotatable bonds is 9. The molecule has 0 unspecified atom stereocenters. The zero-order valence-corrected chi connectivity index (χ0v) is 13.3. The van der Waals surface area contributed by atoms with Crippen LogP contribution in [0, 0.1) is 6.92 Å². The highest BCUT2D eigenvalue weighted by Crippen LogP contribution is 2.20. The van der Waals surface area contributed by atoms with Crippen LogP contribution < -0.4 is 11.1 Å². The number of carbonyl (C=O) groups is 1. The molecule has 0 aliphatic heterocycles. The van der Waals surface area contributed by atoms with Gasteiger partial charge in [-0.15, -0.1) is 0 Å². The first-order chi connectivity index (χ1) is 10.0. The molecule has 1 rings (SSSR count). The fourth-order valence-electron chi connectivity index (χ4n) is 2.10. The zero-order chi connectivity index (χ0) is 15.7.